The molecule has 0 radical (unpaired) electrons. The summed E-state index contributed by atoms with van der Waals surface area (Å²) in [6.45, 7) is 2.60. The van der Waals surface area contributed by atoms with Crippen LogP contribution in [0.1, 0.15) is 13.8 Å². The highest BCUT2D eigenvalue weighted by Crippen LogP contribution is 2.29. The van der Waals surface area contributed by atoms with Gasteiger partial charge in [0.1, 0.15) is 5.75 Å². The Balaban J connectivity index is 2.89. The maximum atomic E-state index is 11.8. The number of benzene rings is 1. The number of hydrogen-bond donors (Lipinski definition) is 1. The maximum absolute atomic E-state index is 11.8. The number of amides is 1. The van der Waals surface area contributed by atoms with Crippen molar-refractivity contribution in [3.63, 3.8) is 0 Å². The molecule has 0 aliphatic carbocycles. The molecule has 1 N–H and O–H groups in total. The highest BCUT2D eigenvalue weighted by atomic mass is 16.6. The molecule has 108 valence electrons. The van der Waals surface area contributed by atoms with Crippen LogP contribution in [0.3, 0.4) is 0 Å². The van der Waals surface area contributed by atoms with Gasteiger partial charge in [-0.25, -0.2) is 0 Å². The molecule has 1 amide bonds. The first-order chi connectivity index (χ1) is 9.35. The van der Waals surface area contributed by atoms with Crippen LogP contribution in [0.5, 0.6) is 5.75 Å². The van der Waals surface area contributed by atoms with Crippen molar-refractivity contribution in [3.05, 3.63) is 28.3 Å². The molecule has 0 aliphatic heterocycles. The molecule has 0 bridgehead atoms. The molecule has 1 aromatic rings. The lowest BCUT2D eigenvalue weighted by molar-refractivity contribution is -0.384. The van der Waals surface area contributed by atoms with Crippen LogP contribution in [-0.2, 0) is 14.3 Å². The van der Waals surface area contributed by atoms with Gasteiger partial charge in [0, 0.05) is 13.0 Å². The van der Waals surface area contributed by atoms with Crippen LogP contribution in [0.15, 0.2) is 18.2 Å². The predicted molar refractivity (Wildman–Crippen MR) is 69.5 cm³/mol. The fourth-order valence-corrected chi connectivity index (χ4v) is 1.43. The van der Waals surface area contributed by atoms with Gasteiger partial charge in [0.2, 0.25) is 0 Å². The van der Waals surface area contributed by atoms with Gasteiger partial charge in [-0.2, -0.15) is 0 Å². The summed E-state index contributed by atoms with van der Waals surface area (Å²) < 4.78 is 9.69. The summed E-state index contributed by atoms with van der Waals surface area (Å²) in [5.41, 5.74) is 0.0926. The molecule has 0 aromatic heterocycles. The number of anilines is 1. The fourth-order valence-electron chi connectivity index (χ4n) is 1.43. The van der Waals surface area contributed by atoms with E-state index in [2.05, 4.69) is 5.32 Å². The van der Waals surface area contributed by atoms with Gasteiger partial charge in [0.05, 0.1) is 23.8 Å². The van der Waals surface area contributed by atoms with Gasteiger partial charge in [-0.1, -0.05) is 0 Å². The molecule has 0 spiro atoms. The third-order valence-electron chi connectivity index (χ3n) is 2.37. The topological polar surface area (TPSA) is 108 Å². The summed E-state index contributed by atoms with van der Waals surface area (Å²) >= 11 is 0. The monoisotopic (exact) mass is 282 g/mol. The first-order valence-electron chi connectivity index (χ1n) is 5.65. The molecular weight excluding hydrogens is 268 g/mol. The van der Waals surface area contributed by atoms with Crippen LogP contribution < -0.4 is 10.1 Å². The largest absolute Gasteiger partial charge is 0.494 e. The summed E-state index contributed by atoms with van der Waals surface area (Å²) in [4.78, 5) is 32.6. The summed E-state index contributed by atoms with van der Waals surface area (Å²) in [5.74, 6) is -1.00. The molecule has 1 atom stereocenters. The number of ether oxygens (including phenoxy) is 2. The van der Waals surface area contributed by atoms with Crippen molar-refractivity contribution in [1.29, 1.82) is 0 Å². The smallest absolute Gasteiger partial charge is 0.303 e. The summed E-state index contributed by atoms with van der Waals surface area (Å²) in [6.07, 6.45) is -0.979. The number of esters is 1. The normalized spacial score (nSPS) is 11.3. The molecular formula is C12H14N2O6. The highest BCUT2D eigenvalue weighted by molar-refractivity contribution is 5.96. The minimum absolute atomic E-state index is 0.141. The van der Waals surface area contributed by atoms with Gasteiger partial charge in [0.15, 0.2) is 6.10 Å². The molecule has 1 aromatic carbocycles. The van der Waals surface area contributed by atoms with E-state index in [4.69, 9.17) is 9.47 Å². The molecule has 0 saturated carbocycles. The van der Waals surface area contributed by atoms with Gasteiger partial charge in [-0.15, -0.1) is 0 Å². The van der Waals surface area contributed by atoms with Crippen LogP contribution in [-0.4, -0.2) is 30.0 Å². The second-order valence-corrected chi connectivity index (χ2v) is 3.88. The molecule has 0 unspecified atom stereocenters. The Labute approximate surface area is 114 Å². The van der Waals surface area contributed by atoms with E-state index in [1.54, 1.807) is 0 Å². The number of methoxy groups -OCH3 is 1. The SMILES string of the molecule is COc1cc([N+](=O)[O-])ccc1NC(=O)[C@H](C)OC(C)=O. The number of nitro groups is 1. The standard InChI is InChI=1S/C12H14N2O6/c1-7(20-8(2)15)12(16)13-10-5-4-9(14(17)18)6-11(10)19-3/h4-7H,1-3H3,(H,13,16)/t7-/m0/s1. The van der Waals surface area contributed by atoms with Gasteiger partial charge >= 0.3 is 5.97 Å². The maximum Gasteiger partial charge on any atom is 0.303 e. The van der Waals surface area contributed by atoms with Gasteiger partial charge in [0.25, 0.3) is 11.6 Å². The Morgan fingerprint density at radius 3 is 2.55 bits per heavy atom. The Hall–Kier alpha value is -2.64. The van der Waals surface area contributed by atoms with Crippen molar-refractivity contribution in [2.24, 2.45) is 0 Å². The lowest BCUT2D eigenvalue weighted by atomic mass is 10.2. The third kappa shape index (κ3) is 3.94. The quantitative estimate of drug-likeness (QED) is 0.498. The molecule has 20 heavy (non-hydrogen) atoms. The van der Waals surface area contributed by atoms with E-state index >= 15 is 0 Å². The Morgan fingerprint density at radius 1 is 1.40 bits per heavy atom. The molecule has 0 heterocycles. The third-order valence-corrected chi connectivity index (χ3v) is 2.37. The van der Waals surface area contributed by atoms with Crippen molar-refractivity contribution >= 4 is 23.3 Å². The van der Waals surface area contributed by atoms with Crippen LogP contribution in [0.25, 0.3) is 0 Å². The summed E-state index contributed by atoms with van der Waals surface area (Å²) in [5, 5.41) is 13.1. The van der Waals surface area contributed by atoms with Crippen LogP contribution in [0, 0.1) is 10.1 Å². The number of nitrogens with one attached hydrogen (secondary N) is 1. The van der Waals surface area contributed by atoms with E-state index in [1.165, 1.54) is 39.2 Å². The average molecular weight is 282 g/mol. The van der Waals surface area contributed by atoms with Crippen molar-refractivity contribution in [1.82, 2.24) is 0 Å². The Bertz CT molecular complexity index is 543. The minimum atomic E-state index is -0.979. The van der Waals surface area contributed by atoms with E-state index in [0.29, 0.717) is 0 Å². The van der Waals surface area contributed by atoms with Crippen molar-refractivity contribution in [2.75, 3.05) is 12.4 Å². The number of hydrogen-bond acceptors (Lipinski definition) is 6. The first-order valence-corrected chi connectivity index (χ1v) is 5.65. The van der Waals surface area contributed by atoms with E-state index in [1.807, 2.05) is 0 Å². The number of rotatable bonds is 5. The number of nitro benzene ring substituents is 1. The predicted octanol–water partition coefficient (Wildman–Crippen LogP) is 1.49. The van der Waals surface area contributed by atoms with E-state index in [-0.39, 0.29) is 17.1 Å². The molecule has 0 aliphatic rings. The van der Waals surface area contributed by atoms with Crippen molar-refractivity contribution < 1.29 is 24.0 Å². The minimum Gasteiger partial charge on any atom is -0.494 e. The molecule has 8 nitrogen and oxygen atoms in total. The van der Waals surface area contributed by atoms with Crippen LogP contribution >= 0.6 is 0 Å². The Kier molecular flexibility index (Phi) is 5.01. The highest BCUT2D eigenvalue weighted by Gasteiger charge is 2.19. The lowest BCUT2D eigenvalue weighted by Gasteiger charge is -2.14. The van der Waals surface area contributed by atoms with E-state index in [9.17, 15) is 19.7 Å². The van der Waals surface area contributed by atoms with Crippen LogP contribution in [0.2, 0.25) is 0 Å². The van der Waals surface area contributed by atoms with E-state index in [0.717, 1.165) is 0 Å². The van der Waals surface area contributed by atoms with Gasteiger partial charge < -0.3 is 14.8 Å². The number of carbonyl (C=O) groups is 2. The average Bonchev–Trinajstić information content (AvgIpc) is 2.37. The zero-order valence-electron chi connectivity index (χ0n) is 11.2. The second-order valence-electron chi connectivity index (χ2n) is 3.88. The first kappa shape index (κ1) is 15.4. The zero-order chi connectivity index (χ0) is 15.3. The fraction of sp³-hybridized carbons (Fsp3) is 0.333. The Morgan fingerprint density at radius 2 is 2.05 bits per heavy atom. The molecule has 0 fully saturated rings. The van der Waals surface area contributed by atoms with Gasteiger partial charge in [-0.05, 0) is 13.0 Å². The lowest BCUT2D eigenvalue weighted by Crippen LogP contribution is -2.29. The second kappa shape index (κ2) is 6.50. The molecule has 1 rings (SSSR count). The number of non-ortho nitro benzene ring substituents is 1. The van der Waals surface area contributed by atoms with Crippen molar-refractivity contribution in [2.45, 2.75) is 20.0 Å². The number of carbonyl (C=O) groups excluding carboxylic acids is 2. The van der Waals surface area contributed by atoms with E-state index < -0.39 is 22.9 Å². The zero-order valence-corrected chi connectivity index (χ0v) is 11.2. The van der Waals surface area contributed by atoms with Gasteiger partial charge in [-0.3, -0.25) is 19.7 Å². The van der Waals surface area contributed by atoms with Crippen LogP contribution in [0.4, 0.5) is 11.4 Å². The van der Waals surface area contributed by atoms with Crippen molar-refractivity contribution in [3.8, 4) is 5.75 Å². The summed E-state index contributed by atoms with van der Waals surface area (Å²) in [7, 11) is 1.32. The number of nitrogens with zero attached hydrogens (tertiary/aromatic N) is 1. The summed E-state index contributed by atoms with van der Waals surface area (Å²) in [6, 6.07) is 3.76. The molecule has 0 saturated heterocycles. The molecule has 8 heteroatoms.